The van der Waals surface area contributed by atoms with Crippen molar-refractivity contribution >= 4 is 50.5 Å². The van der Waals surface area contributed by atoms with Crippen molar-refractivity contribution in [2.45, 2.75) is 37.8 Å². The maximum Gasteiger partial charge on any atom is 0.337 e. The number of thiazole rings is 1. The lowest BCUT2D eigenvalue weighted by molar-refractivity contribution is -0.120. The van der Waals surface area contributed by atoms with E-state index in [2.05, 4.69) is 36.5 Å². The lowest BCUT2D eigenvalue weighted by atomic mass is 9.94. The Morgan fingerprint density at radius 2 is 2.12 bits per heavy atom. The van der Waals surface area contributed by atoms with E-state index >= 15 is 0 Å². The first-order valence-corrected chi connectivity index (χ1v) is 12.6. The molecule has 0 aliphatic carbocycles. The summed E-state index contributed by atoms with van der Waals surface area (Å²) >= 11 is 4.93. The van der Waals surface area contributed by atoms with Crippen molar-refractivity contribution < 1.29 is 19.1 Å². The number of nitrogens with zero attached hydrogens (tertiary/aromatic N) is 2. The van der Waals surface area contributed by atoms with Crippen molar-refractivity contribution in [1.29, 1.82) is 0 Å². The second kappa shape index (κ2) is 11.5. The fourth-order valence-corrected chi connectivity index (χ4v) is 4.71. The van der Waals surface area contributed by atoms with Crippen molar-refractivity contribution in [2.24, 2.45) is 0 Å². The van der Waals surface area contributed by atoms with Gasteiger partial charge in [0, 0.05) is 22.7 Å². The highest BCUT2D eigenvalue weighted by molar-refractivity contribution is 9.10. The van der Waals surface area contributed by atoms with Gasteiger partial charge in [-0.3, -0.25) is 9.78 Å². The quantitative estimate of drug-likeness (QED) is 0.304. The Morgan fingerprint density at radius 1 is 1.24 bits per heavy atom. The molecular formula is C24H25BrN4O4S. The number of pyridine rings is 1. The lowest BCUT2D eigenvalue weighted by Crippen LogP contribution is -2.29. The van der Waals surface area contributed by atoms with Crippen LogP contribution in [-0.4, -0.2) is 41.7 Å². The van der Waals surface area contributed by atoms with Gasteiger partial charge in [0.15, 0.2) is 0 Å². The predicted octanol–water partition coefficient (Wildman–Crippen LogP) is 4.99. The van der Waals surface area contributed by atoms with E-state index < -0.39 is 5.97 Å². The molecule has 1 aliphatic rings. The molecule has 1 saturated heterocycles. The molecule has 0 saturated carbocycles. The van der Waals surface area contributed by atoms with Crippen molar-refractivity contribution in [3.63, 3.8) is 0 Å². The van der Waals surface area contributed by atoms with Gasteiger partial charge in [-0.1, -0.05) is 6.07 Å². The van der Waals surface area contributed by atoms with Crippen molar-refractivity contribution in [1.82, 2.24) is 9.97 Å². The molecule has 10 heteroatoms. The molecule has 2 aromatic heterocycles. The summed E-state index contributed by atoms with van der Waals surface area (Å²) in [6.07, 6.45) is 3.58. The Kier molecular flexibility index (Phi) is 8.25. The molecule has 1 fully saturated rings. The van der Waals surface area contributed by atoms with Gasteiger partial charge in [-0.05, 0) is 59.1 Å². The van der Waals surface area contributed by atoms with Gasteiger partial charge in [0.25, 0.3) is 0 Å². The molecule has 4 rings (SSSR count). The van der Waals surface area contributed by atoms with E-state index in [1.54, 1.807) is 29.9 Å². The number of halogens is 1. The molecule has 34 heavy (non-hydrogen) atoms. The van der Waals surface area contributed by atoms with Crippen LogP contribution in [0.4, 0.5) is 11.4 Å². The van der Waals surface area contributed by atoms with Gasteiger partial charge in [0.05, 0.1) is 55.2 Å². The molecule has 2 unspecified atom stereocenters. The van der Waals surface area contributed by atoms with Gasteiger partial charge in [-0.15, -0.1) is 11.3 Å². The largest absolute Gasteiger partial charge is 0.465 e. The normalized spacial score (nSPS) is 17.7. The highest BCUT2D eigenvalue weighted by Gasteiger charge is 2.26. The number of nitrogens with one attached hydrogen (secondary N) is 2. The van der Waals surface area contributed by atoms with Crippen molar-refractivity contribution in [3.8, 4) is 0 Å². The van der Waals surface area contributed by atoms with Crippen LogP contribution in [0.1, 0.15) is 46.1 Å². The van der Waals surface area contributed by atoms with Crippen LogP contribution < -0.4 is 10.6 Å². The monoisotopic (exact) mass is 544 g/mol. The predicted molar refractivity (Wildman–Crippen MR) is 134 cm³/mol. The van der Waals surface area contributed by atoms with Gasteiger partial charge < -0.3 is 20.1 Å². The molecule has 2 N–H and O–H groups in total. The summed E-state index contributed by atoms with van der Waals surface area (Å²) in [7, 11) is 1.34. The molecule has 3 aromatic rings. The fourth-order valence-electron chi connectivity index (χ4n) is 3.82. The van der Waals surface area contributed by atoms with E-state index in [0.717, 1.165) is 28.0 Å². The number of benzene rings is 1. The van der Waals surface area contributed by atoms with Crippen LogP contribution in [0.15, 0.2) is 52.7 Å². The molecule has 8 nitrogen and oxygen atoms in total. The number of anilines is 2. The highest BCUT2D eigenvalue weighted by Crippen LogP contribution is 2.30. The molecule has 1 amide bonds. The number of aromatic nitrogens is 2. The van der Waals surface area contributed by atoms with Crippen LogP contribution >= 0.6 is 27.3 Å². The third-order valence-corrected chi connectivity index (χ3v) is 6.81. The van der Waals surface area contributed by atoms with E-state index in [9.17, 15) is 9.59 Å². The van der Waals surface area contributed by atoms with E-state index in [0.29, 0.717) is 30.1 Å². The Hall–Kier alpha value is -2.82. The zero-order valence-electron chi connectivity index (χ0n) is 18.6. The molecule has 2 atom stereocenters. The topological polar surface area (TPSA) is 102 Å². The van der Waals surface area contributed by atoms with Crippen LogP contribution in [0.5, 0.6) is 0 Å². The van der Waals surface area contributed by atoms with Crippen LogP contribution in [0, 0.1) is 0 Å². The minimum atomic E-state index is -0.441. The summed E-state index contributed by atoms with van der Waals surface area (Å²) in [6, 6.07) is 10.9. The van der Waals surface area contributed by atoms with E-state index in [1.807, 2.05) is 18.2 Å². The summed E-state index contributed by atoms with van der Waals surface area (Å²) < 4.78 is 11.6. The highest BCUT2D eigenvalue weighted by atomic mass is 79.9. The van der Waals surface area contributed by atoms with Gasteiger partial charge in [0.2, 0.25) is 5.91 Å². The fraction of sp³-hybridized carbons (Fsp3) is 0.333. The second-order valence-electron chi connectivity index (χ2n) is 7.94. The maximum atomic E-state index is 12.8. The molecule has 0 bridgehead atoms. The van der Waals surface area contributed by atoms with Crippen LogP contribution in [0.2, 0.25) is 0 Å². The molecule has 1 aliphatic heterocycles. The number of hydrogen-bond acceptors (Lipinski definition) is 8. The van der Waals surface area contributed by atoms with Crippen LogP contribution in [0.3, 0.4) is 0 Å². The van der Waals surface area contributed by atoms with E-state index in [4.69, 9.17) is 9.47 Å². The summed E-state index contributed by atoms with van der Waals surface area (Å²) in [5.74, 6) is -0.357. The number of hydrogen-bond donors (Lipinski definition) is 2. The standard InChI is InChI=1S/C24H25BrN4O4S/c1-32-24(31)15-6-8-20(21(9-15)27-12-18-11-26-14-34-18)29-23(30)10-17-7-5-16(13-33-17)19-3-2-4-22(25)28-19/h2-4,6,8-9,11,14,16-17,27H,5,7,10,12-13H2,1H3,(H,29,30). The lowest BCUT2D eigenvalue weighted by Gasteiger charge is -2.28. The van der Waals surface area contributed by atoms with Gasteiger partial charge >= 0.3 is 5.97 Å². The third kappa shape index (κ3) is 6.40. The Bertz CT molecular complexity index is 1130. The summed E-state index contributed by atoms with van der Waals surface area (Å²) in [5, 5.41) is 6.24. The number of methoxy groups -OCH3 is 1. The summed E-state index contributed by atoms with van der Waals surface area (Å²) in [4.78, 5) is 34.4. The zero-order valence-corrected chi connectivity index (χ0v) is 21.0. The molecule has 0 radical (unpaired) electrons. The second-order valence-corrected chi connectivity index (χ2v) is 9.72. The number of ether oxygens (including phenoxy) is 2. The molecular weight excluding hydrogens is 520 g/mol. The average molecular weight is 545 g/mol. The summed E-state index contributed by atoms with van der Waals surface area (Å²) in [6.45, 7) is 1.06. The Labute approximate surface area is 210 Å². The minimum absolute atomic E-state index is 0.143. The van der Waals surface area contributed by atoms with Gasteiger partial charge in [-0.25, -0.2) is 9.78 Å². The maximum absolute atomic E-state index is 12.8. The number of carbonyl (C=O) groups excluding carboxylic acids is 2. The number of carbonyl (C=O) groups is 2. The molecule has 1 aromatic carbocycles. The first kappa shape index (κ1) is 24.3. The van der Waals surface area contributed by atoms with Crippen molar-refractivity contribution in [3.05, 3.63) is 68.8 Å². The smallest absolute Gasteiger partial charge is 0.337 e. The number of rotatable bonds is 8. The average Bonchev–Trinajstić information content (AvgIpc) is 3.37. The first-order valence-electron chi connectivity index (χ1n) is 10.9. The zero-order chi connectivity index (χ0) is 23.9. The van der Waals surface area contributed by atoms with Crippen LogP contribution in [-0.2, 0) is 20.8 Å². The van der Waals surface area contributed by atoms with E-state index in [-0.39, 0.29) is 24.3 Å². The minimum Gasteiger partial charge on any atom is -0.465 e. The molecule has 178 valence electrons. The number of amides is 1. The Balaban J connectivity index is 1.36. The van der Waals surface area contributed by atoms with Crippen molar-refractivity contribution in [2.75, 3.05) is 24.4 Å². The van der Waals surface area contributed by atoms with Gasteiger partial charge in [0.1, 0.15) is 4.60 Å². The Morgan fingerprint density at radius 3 is 2.82 bits per heavy atom. The SMILES string of the molecule is COC(=O)c1ccc(NC(=O)CC2CCC(c3cccc(Br)n3)CO2)c(NCc2cncs2)c1. The molecule has 3 heterocycles. The molecule has 0 spiro atoms. The third-order valence-electron chi connectivity index (χ3n) is 5.59. The van der Waals surface area contributed by atoms with Gasteiger partial charge in [-0.2, -0.15) is 0 Å². The number of esters is 1. The first-order chi connectivity index (χ1) is 16.5. The van der Waals surface area contributed by atoms with E-state index in [1.165, 1.54) is 18.4 Å². The summed E-state index contributed by atoms with van der Waals surface area (Å²) in [5.41, 5.74) is 4.38. The van der Waals surface area contributed by atoms with Crippen LogP contribution in [0.25, 0.3) is 0 Å².